The number of benzene rings is 2. The van der Waals surface area contributed by atoms with Crippen LogP contribution >= 0.6 is 15.9 Å². The van der Waals surface area contributed by atoms with E-state index >= 15 is 0 Å². The molecule has 0 saturated heterocycles. The van der Waals surface area contributed by atoms with Crippen LogP contribution in [-0.4, -0.2) is 6.54 Å². The SMILES string of the molecule is Cc1ccc(Oc2ccc(F)c(Br)c2)c(CCN)c1. The van der Waals surface area contributed by atoms with Crippen LogP contribution < -0.4 is 10.5 Å². The molecule has 0 bridgehead atoms. The molecule has 2 aromatic carbocycles. The molecule has 0 unspecified atom stereocenters. The van der Waals surface area contributed by atoms with Crippen LogP contribution in [0, 0.1) is 12.7 Å². The maximum Gasteiger partial charge on any atom is 0.137 e. The van der Waals surface area contributed by atoms with Crippen molar-refractivity contribution in [1.29, 1.82) is 0 Å². The molecule has 0 radical (unpaired) electrons. The summed E-state index contributed by atoms with van der Waals surface area (Å²) in [5.41, 5.74) is 7.83. The van der Waals surface area contributed by atoms with Gasteiger partial charge in [-0.25, -0.2) is 4.39 Å². The second kappa shape index (κ2) is 6.17. The van der Waals surface area contributed by atoms with E-state index in [9.17, 15) is 4.39 Å². The number of hydrogen-bond acceptors (Lipinski definition) is 2. The average molecular weight is 324 g/mol. The fourth-order valence-corrected chi connectivity index (χ4v) is 2.18. The summed E-state index contributed by atoms with van der Waals surface area (Å²) in [6.45, 7) is 2.59. The Balaban J connectivity index is 2.29. The summed E-state index contributed by atoms with van der Waals surface area (Å²) in [7, 11) is 0. The van der Waals surface area contributed by atoms with Crippen molar-refractivity contribution >= 4 is 15.9 Å². The molecule has 0 spiro atoms. The predicted octanol–water partition coefficient (Wildman–Crippen LogP) is 4.19. The molecule has 4 heteroatoms. The Hall–Kier alpha value is -1.39. The molecule has 0 atom stereocenters. The molecular formula is C15H15BrFNO. The van der Waals surface area contributed by atoms with E-state index in [-0.39, 0.29) is 5.82 Å². The van der Waals surface area contributed by atoms with Gasteiger partial charge in [-0.1, -0.05) is 17.7 Å². The number of rotatable bonds is 4. The zero-order chi connectivity index (χ0) is 13.8. The monoisotopic (exact) mass is 323 g/mol. The van der Waals surface area contributed by atoms with Gasteiger partial charge in [0.2, 0.25) is 0 Å². The lowest BCUT2D eigenvalue weighted by atomic mass is 10.1. The van der Waals surface area contributed by atoms with Crippen LogP contribution in [0.3, 0.4) is 0 Å². The molecule has 0 heterocycles. The van der Waals surface area contributed by atoms with Crippen molar-refractivity contribution in [2.75, 3.05) is 6.54 Å². The second-order valence-corrected chi connectivity index (χ2v) is 5.18. The first kappa shape index (κ1) is 14.0. The first-order chi connectivity index (χ1) is 9.10. The predicted molar refractivity (Wildman–Crippen MR) is 78.1 cm³/mol. The number of nitrogens with two attached hydrogens (primary N) is 1. The zero-order valence-corrected chi connectivity index (χ0v) is 12.2. The zero-order valence-electron chi connectivity index (χ0n) is 10.6. The summed E-state index contributed by atoms with van der Waals surface area (Å²) in [5, 5.41) is 0. The van der Waals surface area contributed by atoms with Gasteiger partial charge in [0, 0.05) is 0 Å². The molecule has 2 aromatic rings. The van der Waals surface area contributed by atoms with Crippen molar-refractivity contribution in [3.05, 3.63) is 57.8 Å². The van der Waals surface area contributed by atoms with Crippen LogP contribution in [-0.2, 0) is 6.42 Å². The fraction of sp³-hybridized carbons (Fsp3) is 0.200. The molecule has 0 amide bonds. The average Bonchev–Trinajstić information content (AvgIpc) is 2.37. The molecule has 0 aliphatic carbocycles. The molecule has 2 nitrogen and oxygen atoms in total. The Labute approximate surface area is 120 Å². The van der Waals surface area contributed by atoms with E-state index in [1.54, 1.807) is 12.1 Å². The van der Waals surface area contributed by atoms with Gasteiger partial charge in [0.05, 0.1) is 4.47 Å². The first-order valence-electron chi connectivity index (χ1n) is 6.02. The van der Waals surface area contributed by atoms with Crippen LogP contribution in [0.25, 0.3) is 0 Å². The molecule has 2 rings (SSSR count). The van der Waals surface area contributed by atoms with Crippen LogP contribution in [0.4, 0.5) is 4.39 Å². The molecule has 100 valence electrons. The molecule has 0 aromatic heterocycles. The highest BCUT2D eigenvalue weighted by molar-refractivity contribution is 9.10. The Morgan fingerprint density at radius 1 is 1.21 bits per heavy atom. The summed E-state index contributed by atoms with van der Waals surface area (Å²) in [6.07, 6.45) is 0.749. The smallest absolute Gasteiger partial charge is 0.137 e. The highest BCUT2D eigenvalue weighted by Crippen LogP contribution is 2.29. The summed E-state index contributed by atoms with van der Waals surface area (Å²) < 4.78 is 19.4. The van der Waals surface area contributed by atoms with Crippen LogP contribution in [0.1, 0.15) is 11.1 Å². The topological polar surface area (TPSA) is 35.2 Å². The van der Waals surface area contributed by atoms with Crippen molar-refractivity contribution < 1.29 is 9.13 Å². The number of hydrogen-bond donors (Lipinski definition) is 1. The molecule has 19 heavy (non-hydrogen) atoms. The van der Waals surface area contributed by atoms with Crippen LogP contribution in [0.2, 0.25) is 0 Å². The lowest BCUT2D eigenvalue weighted by Gasteiger charge is -2.12. The van der Waals surface area contributed by atoms with Crippen molar-refractivity contribution in [2.45, 2.75) is 13.3 Å². The lowest BCUT2D eigenvalue weighted by molar-refractivity contribution is 0.473. The van der Waals surface area contributed by atoms with Gasteiger partial charge in [0.1, 0.15) is 17.3 Å². The molecule has 2 N–H and O–H groups in total. The Kier molecular flexibility index (Phi) is 4.56. The van der Waals surface area contributed by atoms with Crippen molar-refractivity contribution in [1.82, 2.24) is 0 Å². The van der Waals surface area contributed by atoms with Crippen LogP contribution in [0.5, 0.6) is 11.5 Å². The van der Waals surface area contributed by atoms with E-state index in [0.717, 1.165) is 23.3 Å². The summed E-state index contributed by atoms with van der Waals surface area (Å²) in [5.74, 6) is 1.04. The fourth-order valence-electron chi connectivity index (χ4n) is 1.83. The molecule has 0 saturated carbocycles. The lowest BCUT2D eigenvalue weighted by Crippen LogP contribution is -2.04. The van der Waals surface area contributed by atoms with Crippen LogP contribution in [0.15, 0.2) is 40.9 Å². The van der Waals surface area contributed by atoms with Crippen molar-refractivity contribution in [2.24, 2.45) is 5.73 Å². The normalized spacial score (nSPS) is 10.5. The number of ether oxygens (including phenoxy) is 1. The third-order valence-electron chi connectivity index (χ3n) is 2.75. The van der Waals surface area contributed by atoms with Gasteiger partial charge in [-0.05, 0) is 65.6 Å². The Morgan fingerprint density at radius 3 is 2.68 bits per heavy atom. The summed E-state index contributed by atoms with van der Waals surface area (Å²) in [6, 6.07) is 10.5. The summed E-state index contributed by atoms with van der Waals surface area (Å²) in [4.78, 5) is 0. The van der Waals surface area contributed by atoms with E-state index in [0.29, 0.717) is 16.8 Å². The third-order valence-corrected chi connectivity index (χ3v) is 3.36. The van der Waals surface area contributed by atoms with Gasteiger partial charge in [0.15, 0.2) is 0 Å². The second-order valence-electron chi connectivity index (χ2n) is 4.33. The number of halogens is 2. The number of aryl methyl sites for hydroxylation is 1. The minimum absolute atomic E-state index is 0.307. The van der Waals surface area contributed by atoms with Crippen molar-refractivity contribution in [3.8, 4) is 11.5 Å². The van der Waals surface area contributed by atoms with Gasteiger partial charge in [0.25, 0.3) is 0 Å². The van der Waals surface area contributed by atoms with Crippen molar-refractivity contribution in [3.63, 3.8) is 0 Å². The van der Waals surface area contributed by atoms with Gasteiger partial charge in [-0.15, -0.1) is 0 Å². The molecule has 0 aliphatic rings. The van der Waals surface area contributed by atoms with E-state index in [2.05, 4.69) is 22.0 Å². The largest absolute Gasteiger partial charge is 0.457 e. The molecular weight excluding hydrogens is 309 g/mol. The summed E-state index contributed by atoms with van der Waals surface area (Å²) >= 11 is 3.15. The van der Waals surface area contributed by atoms with Gasteiger partial charge in [-0.3, -0.25) is 0 Å². The van der Waals surface area contributed by atoms with Gasteiger partial charge < -0.3 is 10.5 Å². The minimum Gasteiger partial charge on any atom is -0.457 e. The van der Waals surface area contributed by atoms with E-state index in [1.165, 1.54) is 6.07 Å². The highest BCUT2D eigenvalue weighted by atomic mass is 79.9. The quantitative estimate of drug-likeness (QED) is 0.915. The Bertz CT molecular complexity index is 586. The van der Waals surface area contributed by atoms with E-state index < -0.39 is 0 Å². The van der Waals surface area contributed by atoms with E-state index in [1.807, 2.05) is 19.1 Å². The molecule has 0 fully saturated rings. The maximum atomic E-state index is 13.2. The first-order valence-corrected chi connectivity index (χ1v) is 6.82. The van der Waals surface area contributed by atoms with Gasteiger partial charge >= 0.3 is 0 Å². The maximum absolute atomic E-state index is 13.2. The standard InChI is InChI=1S/C15H15BrFNO/c1-10-2-5-15(11(8-10)6-7-18)19-12-3-4-14(17)13(16)9-12/h2-5,8-9H,6-7,18H2,1H3. The Morgan fingerprint density at radius 2 is 2.00 bits per heavy atom. The third kappa shape index (κ3) is 3.55. The minimum atomic E-state index is -0.307. The highest BCUT2D eigenvalue weighted by Gasteiger charge is 2.07. The molecule has 0 aliphatic heterocycles. The van der Waals surface area contributed by atoms with Gasteiger partial charge in [-0.2, -0.15) is 0 Å². The van der Waals surface area contributed by atoms with E-state index in [4.69, 9.17) is 10.5 Å².